The van der Waals surface area contributed by atoms with Gasteiger partial charge in [0.2, 0.25) is 0 Å². The molecular weight excluding hydrogens is 288 g/mol. The number of nitrogens with one attached hydrogen (secondary N) is 1. The highest BCUT2D eigenvalue weighted by molar-refractivity contribution is 9.10. The van der Waals surface area contributed by atoms with E-state index < -0.39 is 0 Å². The maximum atomic E-state index is 3.50. The van der Waals surface area contributed by atoms with Crippen LogP contribution in [0.3, 0.4) is 0 Å². The van der Waals surface area contributed by atoms with Crippen molar-refractivity contribution in [2.45, 2.75) is 32.7 Å². The highest BCUT2D eigenvalue weighted by Gasteiger charge is 2.26. The van der Waals surface area contributed by atoms with Crippen LogP contribution >= 0.6 is 15.9 Å². The largest absolute Gasteiger partial charge is 0.384 e. The second-order valence-corrected chi connectivity index (χ2v) is 6.34. The molecule has 1 heterocycles. The van der Waals surface area contributed by atoms with E-state index in [1.54, 1.807) is 0 Å². The maximum absolute atomic E-state index is 3.50. The van der Waals surface area contributed by atoms with Crippen LogP contribution in [-0.4, -0.2) is 30.6 Å². The average molecular weight is 311 g/mol. The number of hydrogen-bond donors (Lipinski definition) is 1. The lowest BCUT2D eigenvalue weighted by Crippen LogP contribution is -2.36. The van der Waals surface area contributed by atoms with Crippen LogP contribution < -0.4 is 5.32 Å². The van der Waals surface area contributed by atoms with E-state index in [0.717, 1.165) is 29.5 Å². The van der Waals surface area contributed by atoms with Gasteiger partial charge >= 0.3 is 0 Å². The summed E-state index contributed by atoms with van der Waals surface area (Å²) in [6.45, 7) is 8.13. The number of halogens is 1. The zero-order valence-electron chi connectivity index (χ0n) is 11.3. The summed E-state index contributed by atoms with van der Waals surface area (Å²) < 4.78 is 1.13. The summed E-state index contributed by atoms with van der Waals surface area (Å²) in [6.07, 6.45) is 2.73. The van der Waals surface area contributed by atoms with Gasteiger partial charge < -0.3 is 5.32 Å². The Morgan fingerprint density at radius 2 is 2.06 bits per heavy atom. The van der Waals surface area contributed by atoms with E-state index in [-0.39, 0.29) is 0 Å². The molecular formula is C15H23BrN2. The van der Waals surface area contributed by atoms with Crippen molar-refractivity contribution in [3.05, 3.63) is 28.7 Å². The fourth-order valence-corrected chi connectivity index (χ4v) is 3.06. The van der Waals surface area contributed by atoms with Gasteiger partial charge in [-0.05, 0) is 49.6 Å². The van der Waals surface area contributed by atoms with Gasteiger partial charge in [-0.15, -0.1) is 0 Å². The van der Waals surface area contributed by atoms with E-state index in [4.69, 9.17) is 0 Å². The van der Waals surface area contributed by atoms with Crippen molar-refractivity contribution in [1.29, 1.82) is 0 Å². The fourth-order valence-electron chi connectivity index (χ4n) is 2.80. The summed E-state index contributed by atoms with van der Waals surface area (Å²) in [6, 6.07) is 9.18. The molecule has 3 heteroatoms. The first kappa shape index (κ1) is 13.9. The molecule has 1 aromatic rings. The normalized spacial score (nSPS) is 20.6. The highest BCUT2D eigenvalue weighted by Crippen LogP contribution is 2.23. The Labute approximate surface area is 119 Å². The summed E-state index contributed by atoms with van der Waals surface area (Å²) in [5.41, 5.74) is 1.21. The number of nitrogens with zero attached hydrogens (tertiary/aromatic N) is 1. The molecule has 0 spiro atoms. The summed E-state index contributed by atoms with van der Waals surface area (Å²) in [5, 5.41) is 3.50. The minimum absolute atomic E-state index is 0.778. The maximum Gasteiger partial charge on any atom is 0.0341 e. The Morgan fingerprint density at radius 3 is 2.72 bits per heavy atom. The molecule has 18 heavy (non-hydrogen) atoms. The van der Waals surface area contributed by atoms with E-state index in [9.17, 15) is 0 Å². The summed E-state index contributed by atoms with van der Waals surface area (Å²) in [7, 11) is 0. The molecule has 1 aliphatic heterocycles. The van der Waals surface area contributed by atoms with Crippen molar-refractivity contribution in [3.8, 4) is 0 Å². The zero-order valence-corrected chi connectivity index (χ0v) is 12.9. The Kier molecular flexibility index (Phi) is 5.07. The van der Waals surface area contributed by atoms with Crippen LogP contribution in [0.25, 0.3) is 0 Å². The fraction of sp³-hybridized carbons (Fsp3) is 0.600. The lowest BCUT2D eigenvalue weighted by Gasteiger charge is -2.27. The van der Waals surface area contributed by atoms with Crippen LogP contribution in [0.5, 0.6) is 0 Å². The van der Waals surface area contributed by atoms with Crippen molar-refractivity contribution < 1.29 is 0 Å². The molecule has 0 saturated carbocycles. The molecule has 2 nitrogen and oxygen atoms in total. The quantitative estimate of drug-likeness (QED) is 0.885. The lowest BCUT2D eigenvalue weighted by molar-refractivity contribution is 0.214. The summed E-state index contributed by atoms with van der Waals surface area (Å²) >= 11 is 3.46. The second kappa shape index (κ2) is 6.58. The Morgan fingerprint density at radius 1 is 1.33 bits per heavy atom. The van der Waals surface area contributed by atoms with Gasteiger partial charge in [0.25, 0.3) is 0 Å². The third-order valence-electron chi connectivity index (χ3n) is 3.76. The average Bonchev–Trinajstić information content (AvgIpc) is 2.80. The predicted molar refractivity (Wildman–Crippen MR) is 82.1 cm³/mol. The van der Waals surface area contributed by atoms with Crippen LogP contribution in [0.4, 0.5) is 5.69 Å². The van der Waals surface area contributed by atoms with E-state index in [1.165, 1.54) is 25.1 Å². The first-order valence-corrected chi connectivity index (χ1v) is 7.69. The molecule has 1 N–H and O–H groups in total. The van der Waals surface area contributed by atoms with Gasteiger partial charge in [0, 0.05) is 29.3 Å². The summed E-state index contributed by atoms with van der Waals surface area (Å²) in [5.74, 6) is 0.778. The monoisotopic (exact) mass is 310 g/mol. The Hall–Kier alpha value is -0.540. The molecule has 0 aliphatic carbocycles. The predicted octanol–water partition coefficient (Wildman–Crippen LogP) is 3.98. The van der Waals surface area contributed by atoms with Crippen LogP contribution in [0.15, 0.2) is 28.7 Å². The molecule has 1 aliphatic rings. The molecule has 0 radical (unpaired) electrons. The first-order chi connectivity index (χ1) is 8.66. The Bertz CT molecular complexity index is 361. The first-order valence-electron chi connectivity index (χ1n) is 6.90. The topological polar surface area (TPSA) is 15.3 Å². The SMILES string of the molecule is CC(C)C1CCCN1CCNc1ccc(Br)cc1. The Balaban J connectivity index is 1.76. The van der Waals surface area contributed by atoms with Crippen molar-refractivity contribution in [3.63, 3.8) is 0 Å². The van der Waals surface area contributed by atoms with Gasteiger partial charge in [-0.2, -0.15) is 0 Å². The molecule has 1 aromatic carbocycles. The number of likely N-dealkylation sites (tertiary alicyclic amines) is 1. The van der Waals surface area contributed by atoms with Gasteiger partial charge in [0.1, 0.15) is 0 Å². The molecule has 0 amide bonds. The smallest absolute Gasteiger partial charge is 0.0341 e. The lowest BCUT2D eigenvalue weighted by atomic mass is 10.0. The minimum Gasteiger partial charge on any atom is -0.384 e. The third kappa shape index (κ3) is 3.72. The third-order valence-corrected chi connectivity index (χ3v) is 4.28. The molecule has 1 saturated heterocycles. The van der Waals surface area contributed by atoms with Crippen LogP contribution in [0.2, 0.25) is 0 Å². The highest BCUT2D eigenvalue weighted by atomic mass is 79.9. The van der Waals surface area contributed by atoms with Crippen molar-refractivity contribution in [2.75, 3.05) is 25.0 Å². The van der Waals surface area contributed by atoms with Gasteiger partial charge in [-0.25, -0.2) is 0 Å². The molecule has 0 aromatic heterocycles. The van der Waals surface area contributed by atoms with Crippen LogP contribution in [-0.2, 0) is 0 Å². The van der Waals surface area contributed by atoms with Crippen LogP contribution in [0, 0.1) is 5.92 Å². The van der Waals surface area contributed by atoms with E-state index in [2.05, 4.69) is 64.3 Å². The second-order valence-electron chi connectivity index (χ2n) is 5.42. The van der Waals surface area contributed by atoms with Gasteiger partial charge in [0.15, 0.2) is 0 Å². The van der Waals surface area contributed by atoms with Crippen LogP contribution in [0.1, 0.15) is 26.7 Å². The van der Waals surface area contributed by atoms with Gasteiger partial charge in [-0.1, -0.05) is 29.8 Å². The van der Waals surface area contributed by atoms with E-state index >= 15 is 0 Å². The molecule has 0 bridgehead atoms. The number of rotatable bonds is 5. The van der Waals surface area contributed by atoms with E-state index in [1.807, 2.05) is 0 Å². The van der Waals surface area contributed by atoms with Crippen molar-refractivity contribution in [2.24, 2.45) is 5.92 Å². The van der Waals surface area contributed by atoms with Gasteiger partial charge in [-0.3, -0.25) is 4.90 Å². The summed E-state index contributed by atoms with van der Waals surface area (Å²) in [4.78, 5) is 2.64. The minimum atomic E-state index is 0.778. The number of benzene rings is 1. The van der Waals surface area contributed by atoms with Crippen molar-refractivity contribution in [1.82, 2.24) is 4.90 Å². The molecule has 1 unspecified atom stereocenters. The van der Waals surface area contributed by atoms with Gasteiger partial charge in [0.05, 0.1) is 0 Å². The zero-order chi connectivity index (χ0) is 13.0. The van der Waals surface area contributed by atoms with E-state index in [0.29, 0.717) is 0 Å². The molecule has 1 atom stereocenters. The molecule has 100 valence electrons. The van der Waals surface area contributed by atoms with Crippen molar-refractivity contribution >= 4 is 21.6 Å². The standard InChI is InChI=1S/C15H23BrN2/c1-12(2)15-4-3-10-18(15)11-9-17-14-7-5-13(16)6-8-14/h5-8,12,15,17H,3-4,9-11H2,1-2H3. The molecule has 1 fully saturated rings. The molecule has 2 rings (SSSR count). The number of hydrogen-bond acceptors (Lipinski definition) is 2. The number of anilines is 1.